The molecule has 2 unspecified atom stereocenters. The Morgan fingerprint density at radius 3 is 2.82 bits per heavy atom. The number of nitrogens with one attached hydrogen (secondary N) is 3. The van der Waals surface area contributed by atoms with Crippen molar-refractivity contribution in [3.05, 3.63) is 30.1 Å². The smallest absolute Gasteiger partial charge is 0.315 e. The van der Waals surface area contributed by atoms with Crippen molar-refractivity contribution in [3.63, 3.8) is 0 Å². The van der Waals surface area contributed by atoms with E-state index in [9.17, 15) is 4.79 Å². The van der Waals surface area contributed by atoms with E-state index in [1.54, 1.807) is 0 Å². The van der Waals surface area contributed by atoms with Gasteiger partial charge in [-0.25, -0.2) is 9.78 Å². The van der Waals surface area contributed by atoms with E-state index in [2.05, 4.69) is 20.6 Å². The van der Waals surface area contributed by atoms with Crippen LogP contribution in [0.2, 0.25) is 0 Å². The van der Waals surface area contributed by atoms with Gasteiger partial charge in [0.1, 0.15) is 5.82 Å². The van der Waals surface area contributed by atoms with E-state index in [0.717, 1.165) is 29.7 Å². The van der Waals surface area contributed by atoms with Crippen LogP contribution < -0.4 is 10.6 Å². The standard InChI is InChI=1S/C16H24N4O2/c1-3-12(20-16(22)17-11(2)7-6-10-21)15-18-13-8-4-5-9-14(13)19-15/h4-5,8-9,11-12,21H,3,6-7,10H2,1-2H3,(H,18,19)(H2,17,20,22). The van der Waals surface area contributed by atoms with Gasteiger partial charge in [-0.1, -0.05) is 19.1 Å². The fourth-order valence-electron chi connectivity index (χ4n) is 2.39. The van der Waals surface area contributed by atoms with Crippen molar-refractivity contribution in [1.82, 2.24) is 20.6 Å². The van der Waals surface area contributed by atoms with Crippen LogP contribution in [0.3, 0.4) is 0 Å². The van der Waals surface area contributed by atoms with Crippen molar-refractivity contribution in [2.24, 2.45) is 0 Å². The summed E-state index contributed by atoms with van der Waals surface area (Å²) in [5.74, 6) is 0.766. The molecular weight excluding hydrogens is 280 g/mol. The van der Waals surface area contributed by atoms with Crippen LogP contribution in [0.5, 0.6) is 0 Å². The maximum absolute atomic E-state index is 12.0. The lowest BCUT2D eigenvalue weighted by molar-refractivity contribution is 0.230. The highest BCUT2D eigenvalue weighted by Gasteiger charge is 2.17. The number of para-hydroxylation sites is 2. The van der Waals surface area contributed by atoms with Crippen LogP contribution in [0.1, 0.15) is 45.0 Å². The van der Waals surface area contributed by atoms with Crippen LogP contribution in [-0.4, -0.2) is 33.8 Å². The van der Waals surface area contributed by atoms with Crippen molar-refractivity contribution in [3.8, 4) is 0 Å². The highest BCUT2D eigenvalue weighted by molar-refractivity contribution is 5.76. The minimum absolute atomic E-state index is 0.0281. The predicted octanol–water partition coefficient (Wildman–Crippen LogP) is 2.47. The molecule has 2 rings (SSSR count). The number of carbonyl (C=O) groups excluding carboxylic acids is 1. The molecular formula is C16H24N4O2. The molecule has 0 radical (unpaired) electrons. The first-order valence-corrected chi connectivity index (χ1v) is 7.76. The molecule has 1 aromatic carbocycles. The Balaban J connectivity index is 1.97. The van der Waals surface area contributed by atoms with Crippen LogP contribution in [-0.2, 0) is 0 Å². The van der Waals surface area contributed by atoms with E-state index in [1.807, 2.05) is 38.1 Å². The number of aromatic amines is 1. The van der Waals surface area contributed by atoms with Gasteiger partial charge in [-0.3, -0.25) is 0 Å². The molecule has 1 aromatic heterocycles. The maximum Gasteiger partial charge on any atom is 0.315 e. The van der Waals surface area contributed by atoms with Crippen LogP contribution in [0.15, 0.2) is 24.3 Å². The number of nitrogens with zero attached hydrogens (tertiary/aromatic N) is 1. The number of aliphatic hydroxyl groups is 1. The largest absolute Gasteiger partial charge is 0.396 e. The van der Waals surface area contributed by atoms with Crippen molar-refractivity contribution in [2.75, 3.05) is 6.61 Å². The molecule has 2 aromatic rings. The van der Waals surface area contributed by atoms with E-state index in [4.69, 9.17) is 5.11 Å². The highest BCUT2D eigenvalue weighted by Crippen LogP contribution is 2.18. The topological polar surface area (TPSA) is 90.0 Å². The third-order valence-corrected chi connectivity index (χ3v) is 3.62. The summed E-state index contributed by atoms with van der Waals surface area (Å²) in [6.07, 6.45) is 2.19. The van der Waals surface area contributed by atoms with Crippen LogP contribution in [0, 0.1) is 0 Å². The van der Waals surface area contributed by atoms with E-state index in [0.29, 0.717) is 6.42 Å². The molecule has 1 heterocycles. The number of rotatable bonds is 7. The summed E-state index contributed by atoms with van der Waals surface area (Å²) in [6.45, 7) is 4.08. The molecule has 2 amide bonds. The van der Waals surface area contributed by atoms with Gasteiger partial charge in [0.05, 0.1) is 17.1 Å². The molecule has 0 saturated heterocycles. The number of imidazole rings is 1. The fraction of sp³-hybridized carbons (Fsp3) is 0.500. The number of aliphatic hydroxyl groups excluding tert-OH is 1. The quantitative estimate of drug-likeness (QED) is 0.633. The number of benzene rings is 1. The zero-order valence-electron chi connectivity index (χ0n) is 13.1. The third-order valence-electron chi connectivity index (χ3n) is 3.62. The van der Waals surface area contributed by atoms with Gasteiger partial charge in [-0.15, -0.1) is 0 Å². The highest BCUT2D eigenvalue weighted by atomic mass is 16.3. The Labute approximate surface area is 130 Å². The Morgan fingerprint density at radius 2 is 2.14 bits per heavy atom. The Hall–Kier alpha value is -2.08. The summed E-state index contributed by atoms with van der Waals surface area (Å²) in [7, 11) is 0. The number of hydrogen-bond acceptors (Lipinski definition) is 3. The molecule has 6 nitrogen and oxygen atoms in total. The van der Waals surface area contributed by atoms with Gasteiger partial charge in [0.25, 0.3) is 0 Å². The van der Waals surface area contributed by atoms with Gasteiger partial charge in [0, 0.05) is 12.6 Å². The second-order valence-corrected chi connectivity index (χ2v) is 5.48. The lowest BCUT2D eigenvalue weighted by Crippen LogP contribution is -2.42. The van der Waals surface area contributed by atoms with Gasteiger partial charge < -0.3 is 20.7 Å². The number of H-pyrrole nitrogens is 1. The Kier molecular flexibility index (Phi) is 5.77. The summed E-state index contributed by atoms with van der Waals surface area (Å²) < 4.78 is 0. The number of aromatic nitrogens is 2. The summed E-state index contributed by atoms with van der Waals surface area (Å²) in [5, 5.41) is 14.6. The summed E-state index contributed by atoms with van der Waals surface area (Å²) in [6, 6.07) is 7.47. The third kappa shape index (κ3) is 4.21. The Morgan fingerprint density at radius 1 is 1.36 bits per heavy atom. The van der Waals surface area contributed by atoms with Gasteiger partial charge in [-0.05, 0) is 38.3 Å². The number of hydrogen-bond donors (Lipinski definition) is 4. The summed E-state index contributed by atoms with van der Waals surface area (Å²) in [5.41, 5.74) is 1.86. The van der Waals surface area contributed by atoms with E-state index in [-0.39, 0.29) is 24.7 Å². The van der Waals surface area contributed by atoms with E-state index >= 15 is 0 Å². The second kappa shape index (κ2) is 7.79. The minimum atomic E-state index is -0.210. The molecule has 0 fully saturated rings. The monoisotopic (exact) mass is 304 g/mol. The predicted molar refractivity (Wildman–Crippen MR) is 86.6 cm³/mol. The van der Waals surface area contributed by atoms with E-state index < -0.39 is 0 Å². The lowest BCUT2D eigenvalue weighted by atomic mass is 10.2. The van der Waals surface area contributed by atoms with Crippen LogP contribution >= 0.6 is 0 Å². The number of amides is 2. The zero-order chi connectivity index (χ0) is 15.9. The molecule has 0 spiro atoms. The fourth-order valence-corrected chi connectivity index (χ4v) is 2.39. The number of fused-ring (bicyclic) bond motifs is 1. The first kappa shape index (κ1) is 16.3. The van der Waals surface area contributed by atoms with Crippen LogP contribution in [0.4, 0.5) is 4.79 Å². The average molecular weight is 304 g/mol. The van der Waals surface area contributed by atoms with Crippen molar-refractivity contribution < 1.29 is 9.90 Å². The van der Waals surface area contributed by atoms with Gasteiger partial charge in [-0.2, -0.15) is 0 Å². The molecule has 120 valence electrons. The Bertz CT molecular complexity index is 578. The maximum atomic E-state index is 12.0. The molecule has 0 aliphatic carbocycles. The van der Waals surface area contributed by atoms with E-state index in [1.165, 1.54) is 0 Å². The van der Waals surface area contributed by atoms with Crippen LogP contribution in [0.25, 0.3) is 11.0 Å². The molecule has 0 aliphatic heterocycles. The number of carbonyl (C=O) groups is 1. The summed E-state index contributed by atoms with van der Waals surface area (Å²) >= 11 is 0. The average Bonchev–Trinajstić information content (AvgIpc) is 2.94. The second-order valence-electron chi connectivity index (χ2n) is 5.48. The first-order chi connectivity index (χ1) is 10.6. The minimum Gasteiger partial charge on any atom is -0.396 e. The molecule has 6 heteroatoms. The van der Waals surface area contributed by atoms with Crippen molar-refractivity contribution >= 4 is 17.1 Å². The molecule has 0 saturated carbocycles. The van der Waals surface area contributed by atoms with Gasteiger partial charge in [0.15, 0.2) is 0 Å². The lowest BCUT2D eigenvalue weighted by Gasteiger charge is -2.18. The van der Waals surface area contributed by atoms with Gasteiger partial charge >= 0.3 is 6.03 Å². The summed E-state index contributed by atoms with van der Waals surface area (Å²) in [4.78, 5) is 19.8. The number of urea groups is 1. The van der Waals surface area contributed by atoms with Crippen molar-refractivity contribution in [1.29, 1.82) is 0 Å². The molecule has 2 atom stereocenters. The molecule has 0 aliphatic rings. The molecule has 0 bridgehead atoms. The SMILES string of the molecule is CCC(NC(=O)NC(C)CCCO)c1nc2ccccc2[nH]1. The molecule has 22 heavy (non-hydrogen) atoms. The normalized spacial score (nSPS) is 13.8. The first-order valence-electron chi connectivity index (χ1n) is 7.76. The molecule has 4 N–H and O–H groups in total. The van der Waals surface area contributed by atoms with Crippen molar-refractivity contribution in [2.45, 2.75) is 45.2 Å². The van der Waals surface area contributed by atoms with Gasteiger partial charge in [0.2, 0.25) is 0 Å². The zero-order valence-corrected chi connectivity index (χ0v) is 13.1.